The number of aromatic amines is 1. The van der Waals surface area contributed by atoms with E-state index in [-0.39, 0.29) is 6.04 Å². The van der Waals surface area contributed by atoms with E-state index in [9.17, 15) is 8.42 Å². The molecule has 2 atom stereocenters. The minimum atomic E-state index is -3.49. The smallest absolute Gasteiger partial charge is 0.244 e. The van der Waals surface area contributed by atoms with Crippen molar-refractivity contribution in [1.82, 2.24) is 20.2 Å². The summed E-state index contributed by atoms with van der Waals surface area (Å²) in [5.74, 6) is 0.593. The van der Waals surface area contributed by atoms with E-state index in [2.05, 4.69) is 27.2 Å². The summed E-state index contributed by atoms with van der Waals surface area (Å²) in [7, 11) is -1.72. The molecule has 6 nitrogen and oxygen atoms in total. The second-order valence-corrected chi connectivity index (χ2v) is 7.04. The summed E-state index contributed by atoms with van der Waals surface area (Å²) in [5, 5.41) is 9.74. The summed E-state index contributed by atoms with van der Waals surface area (Å²) in [6, 6.07) is 0.0525. The van der Waals surface area contributed by atoms with Crippen LogP contribution in [0.4, 0.5) is 0 Å². The van der Waals surface area contributed by atoms with Gasteiger partial charge in [-0.05, 0) is 39.2 Å². The topological polar surface area (TPSA) is 86.9 Å². The zero-order valence-electron chi connectivity index (χ0n) is 11.7. The predicted octanol–water partition coefficient (Wildman–Crippen LogP) is 0.904. The number of nitrogens with zero attached hydrogens (tertiary/aromatic N) is 1. The lowest BCUT2D eigenvalue weighted by atomic mass is 10.1. The highest BCUT2D eigenvalue weighted by Crippen LogP contribution is 2.27. The van der Waals surface area contributed by atoms with Crippen LogP contribution in [0.1, 0.15) is 37.6 Å². The third-order valence-electron chi connectivity index (χ3n) is 3.59. The molecule has 0 aliphatic heterocycles. The maximum atomic E-state index is 12.5. The fourth-order valence-electron chi connectivity index (χ4n) is 2.71. The largest absolute Gasteiger partial charge is 0.314 e. The fraction of sp³-hybridized carbons (Fsp3) is 0.750. The maximum Gasteiger partial charge on any atom is 0.244 e. The first kappa shape index (κ1) is 14.5. The lowest BCUT2D eigenvalue weighted by molar-refractivity contribution is 0.537. The average molecular weight is 286 g/mol. The van der Waals surface area contributed by atoms with Crippen LogP contribution in [-0.4, -0.2) is 31.7 Å². The SMILES string of the molecule is CNCc1n[nH]c(C)c1S(=O)(=O)NC1CCC(C)C1. The van der Waals surface area contributed by atoms with Crippen LogP contribution >= 0.6 is 0 Å². The van der Waals surface area contributed by atoms with Crippen LogP contribution in [0, 0.1) is 12.8 Å². The van der Waals surface area contributed by atoms with Crippen LogP contribution in [0.15, 0.2) is 4.90 Å². The number of H-pyrrole nitrogens is 1. The standard InChI is InChI=1S/C12H22N4O2S/c1-8-4-5-10(6-8)16-19(17,18)12-9(2)14-15-11(12)7-13-3/h8,10,13,16H,4-7H2,1-3H3,(H,14,15). The summed E-state index contributed by atoms with van der Waals surface area (Å²) < 4.78 is 27.8. The van der Waals surface area contributed by atoms with E-state index in [1.165, 1.54) is 0 Å². The van der Waals surface area contributed by atoms with Gasteiger partial charge < -0.3 is 5.32 Å². The molecule has 1 heterocycles. The van der Waals surface area contributed by atoms with Gasteiger partial charge in [-0.15, -0.1) is 0 Å². The third-order valence-corrected chi connectivity index (χ3v) is 5.31. The van der Waals surface area contributed by atoms with Crippen molar-refractivity contribution in [1.29, 1.82) is 0 Å². The lowest BCUT2D eigenvalue weighted by Crippen LogP contribution is -2.34. The molecular weight excluding hydrogens is 264 g/mol. The van der Waals surface area contributed by atoms with Gasteiger partial charge in [0, 0.05) is 12.6 Å². The highest BCUT2D eigenvalue weighted by molar-refractivity contribution is 7.89. The second-order valence-electron chi connectivity index (χ2n) is 5.39. The van der Waals surface area contributed by atoms with Crippen molar-refractivity contribution in [3.63, 3.8) is 0 Å². The number of hydrogen-bond donors (Lipinski definition) is 3. The van der Waals surface area contributed by atoms with Crippen LogP contribution in [0.25, 0.3) is 0 Å². The molecule has 2 unspecified atom stereocenters. The molecule has 1 aliphatic carbocycles. The van der Waals surface area contributed by atoms with Crippen molar-refractivity contribution in [3.8, 4) is 0 Å². The molecule has 1 saturated carbocycles. The Balaban J connectivity index is 2.21. The quantitative estimate of drug-likeness (QED) is 0.750. The molecule has 2 rings (SSSR count). The van der Waals surface area contributed by atoms with Crippen LogP contribution in [-0.2, 0) is 16.6 Å². The van der Waals surface area contributed by atoms with Gasteiger partial charge in [0.05, 0.1) is 11.4 Å². The lowest BCUT2D eigenvalue weighted by Gasteiger charge is -2.13. The molecule has 1 fully saturated rings. The molecule has 0 radical (unpaired) electrons. The predicted molar refractivity (Wildman–Crippen MR) is 73.2 cm³/mol. The van der Waals surface area contributed by atoms with Gasteiger partial charge >= 0.3 is 0 Å². The molecule has 0 aromatic carbocycles. The van der Waals surface area contributed by atoms with Crippen molar-refractivity contribution in [2.75, 3.05) is 7.05 Å². The molecular formula is C12H22N4O2S. The van der Waals surface area contributed by atoms with Gasteiger partial charge in [0.1, 0.15) is 4.90 Å². The van der Waals surface area contributed by atoms with E-state index >= 15 is 0 Å². The Labute approximate surface area is 114 Å². The number of aromatic nitrogens is 2. The Morgan fingerprint density at radius 2 is 2.16 bits per heavy atom. The first-order chi connectivity index (χ1) is 8.94. The van der Waals surface area contributed by atoms with Crippen molar-refractivity contribution in [2.24, 2.45) is 5.92 Å². The zero-order chi connectivity index (χ0) is 14.0. The number of hydrogen-bond acceptors (Lipinski definition) is 4. The minimum absolute atomic E-state index is 0.0525. The van der Waals surface area contributed by atoms with Gasteiger partial charge in [0.25, 0.3) is 0 Å². The monoisotopic (exact) mass is 286 g/mol. The summed E-state index contributed by atoms with van der Waals surface area (Å²) in [5.41, 5.74) is 1.13. The van der Waals surface area contributed by atoms with E-state index in [1.807, 2.05) is 0 Å². The van der Waals surface area contributed by atoms with Crippen molar-refractivity contribution in [3.05, 3.63) is 11.4 Å². The average Bonchev–Trinajstić information content (AvgIpc) is 2.86. The molecule has 0 bridgehead atoms. The molecule has 108 valence electrons. The van der Waals surface area contributed by atoms with Crippen molar-refractivity contribution < 1.29 is 8.42 Å². The molecule has 0 saturated heterocycles. The number of nitrogens with one attached hydrogen (secondary N) is 3. The molecule has 3 N–H and O–H groups in total. The van der Waals surface area contributed by atoms with Crippen LogP contribution in [0.5, 0.6) is 0 Å². The Morgan fingerprint density at radius 3 is 2.74 bits per heavy atom. The van der Waals surface area contributed by atoms with Gasteiger partial charge in [-0.2, -0.15) is 5.10 Å². The van der Waals surface area contributed by atoms with Gasteiger partial charge in [0.2, 0.25) is 10.0 Å². The van der Waals surface area contributed by atoms with Gasteiger partial charge in [-0.3, -0.25) is 5.10 Å². The minimum Gasteiger partial charge on any atom is -0.314 e. The van der Waals surface area contributed by atoms with Gasteiger partial charge in [-0.25, -0.2) is 13.1 Å². The summed E-state index contributed by atoms with van der Waals surface area (Å²) in [6.07, 6.45) is 2.91. The zero-order valence-corrected chi connectivity index (χ0v) is 12.5. The Morgan fingerprint density at radius 1 is 1.42 bits per heavy atom. The van der Waals surface area contributed by atoms with Crippen molar-refractivity contribution >= 4 is 10.0 Å². The van der Waals surface area contributed by atoms with E-state index in [0.29, 0.717) is 28.7 Å². The molecule has 19 heavy (non-hydrogen) atoms. The van der Waals surface area contributed by atoms with Crippen molar-refractivity contribution in [2.45, 2.75) is 50.6 Å². The molecule has 0 spiro atoms. The summed E-state index contributed by atoms with van der Waals surface area (Å²) >= 11 is 0. The Hall–Kier alpha value is -0.920. The number of rotatable bonds is 5. The van der Waals surface area contributed by atoms with Crippen LogP contribution < -0.4 is 10.0 Å². The molecule has 1 aliphatic rings. The molecule has 0 amide bonds. The molecule has 7 heteroatoms. The molecule has 1 aromatic rings. The fourth-order valence-corrected chi connectivity index (χ4v) is 4.35. The van der Waals surface area contributed by atoms with Gasteiger partial charge in [-0.1, -0.05) is 6.92 Å². The molecule has 1 aromatic heterocycles. The Kier molecular flexibility index (Phi) is 4.27. The Bertz CT molecular complexity index is 538. The highest BCUT2D eigenvalue weighted by Gasteiger charge is 2.30. The summed E-state index contributed by atoms with van der Waals surface area (Å²) in [4.78, 5) is 0.293. The van der Waals surface area contributed by atoms with E-state index in [1.54, 1.807) is 14.0 Å². The van der Waals surface area contributed by atoms with E-state index in [4.69, 9.17) is 0 Å². The maximum absolute atomic E-state index is 12.5. The third kappa shape index (κ3) is 3.16. The first-order valence-corrected chi connectivity index (χ1v) is 8.13. The number of sulfonamides is 1. The van der Waals surface area contributed by atoms with Gasteiger partial charge in [0.15, 0.2) is 0 Å². The first-order valence-electron chi connectivity index (χ1n) is 6.64. The number of aryl methyl sites for hydroxylation is 1. The van der Waals surface area contributed by atoms with Crippen LogP contribution in [0.2, 0.25) is 0 Å². The highest BCUT2D eigenvalue weighted by atomic mass is 32.2. The van der Waals surface area contributed by atoms with Crippen LogP contribution in [0.3, 0.4) is 0 Å². The van der Waals surface area contributed by atoms with E-state index < -0.39 is 10.0 Å². The summed E-state index contributed by atoms with van der Waals surface area (Å²) in [6.45, 7) is 4.32. The van der Waals surface area contributed by atoms with E-state index in [0.717, 1.165) is 19.3 Å². The second kappa shape index (κ2) is 5.60. The normalized spacial score (nSPS) is 23.9.